The zero-order valence-corrected chi connectivity index (χ0v) is 13.1. The zero-order chi connectivity index (χ0) is 15.4. The van der Waals surface area contributed by atoms with Crippen molar-refractivity contribution in [2.24, 2.45) is 0 Å². The van der Waals surface area contributed by atoms with Gasteiger partial charge in [-0.3, -0.25) is 4.79 Å². The van der Waals surface area contributed by atoms with Gasteiger partial charge < -0.3 is 10.3 Å². The van der Waals surface area contributed by atoms with E-state index in [0.717, 1.165) is 17.7 Å². The molecule has 4 nitrogen and oxygen atoms in total. The van der Waals surface area contributed by atoms with Crippen LogP contribution in [0.15, 0.2) is 35.1 Å². The van der Waals surface area contributed by atoms with Crippen LogP contribution in [0.5, 0.6) is 0 Å². The van der Waals surface area contributed by atoms with E-state index in [1.807, 2.05) is 32.0 Å². The maximum absolute atomic E-state index is 12.1. The van der Waals surface area contributed by atoms with Crippen LogP contribution in [0, 0.1) is 13.8 Å². The molecule has 2 atom stereocenters. The fourth-order valence-electron chi connectivity index (χ4n) is 2.78. The van der Waals surface area contributed by atoms with E-state index in [1.54, 1.807) is 6.92 Å². The van der Waals surface area contributed by atoms with Crippen LogP contribution in [0.2, 0.25) is 0 Å². The van der Waals surface area contributed by atoms with Gasteiger partial charge >= 0.3 is 0 Å². The molecule has 0 radical (unpaired) electrons. The second-order valence-corrected chi connectivity index (χ2v) is 5.63. The summed E-state index contributed by atoms with van der Waals surface area (Å²) < 4.78 is 0. The number of aromatic nitrogens is 2. The number of rotatable bonds is 5. The molecule has 0 saturated carbocycles. The highest BCUT2D eigenvalue weighted by Crippen LogP contribution is 2.13. The second kappa shape index (κ2) is 6.68. The first-order valence-corrected chi connectivity index (χ1v) is 7.34. The number of nitrogens with one attached hydrogen (secondary N) is 2. The van der Waals surface area contributed by atoms with Crippen molar-refractivity contribution in [3.8, 4) is 0 Å². The molecule has 0 saturated heterocycles. The average Bonchev–Trinajstić information content (AvgIpc) is 2.38. The summed E-state index contributed by atoms with van der Waals surface area (Å²) in [5, 5.41) is 3.49. The van der Waals surface area contributed by atoms with Crippen LogP contribution in [0.25, 0.3) is 0 Å². The van der Waals surface area contributed by atoms with Crippen molar-refractivity contribution < 1.29 is 0 Å². The summed E-state index contributed by atoms with van der Waals surface area (Å²) in [4.78, 5) is 19.2. The van der Waals surface area contributed by atoms with E-state index in [1.165, 1.54) is 5.56 Å². The summed E-state index contributed by atoms with van der Waals surface area (Å²) in [5.41, 5.74) is 2.76. The van der Waals surface area contributed by atoms with Gasteiger partial charge in [-0.1, -0.05) is 30.3 Å². The first kappa shape index (κ1) is 15.4. The smallest absolute Gasteiger partial charge is 0.255 e. The molecule has 0 bridgehead atoms. The Hall–Kier alpha value is -1.94. The number of aryl methyl sites for hydroxylation is 2. The van der Waals surface area contributed by atoms with E-state index >= 15 is 0 Å². The van der Waals surface area contributed by atoms with E-state index in [0.29, 0.717) is 5.82 Å². The summed E-state index contributed by atoms with van der Waals surface area (Å²) in [6.07, 6.45) is 0.932. The Morgan fingerprint density at radius 2 is 1.86 bits per heavy atom. The number of benzene rings is 1. The van der Waals surface area contributed by atoms with E-state index in [9.17, 15) is 4.79 Å². The van der Waals surface area contributed by atoms with Gasteiger partial charge in [-0.2, -0.15) is 0 Å². The van der Waals surface area contributed by atoms with Gasteiger partial charge in [0.2, 0.25) is 0 Å². The molecule has 1 aromatic carbocycles. The number of nitrogens with zero attached hydrogens (tertiary/aromatic N) is 1. The minimum atomic E-state index is -0.0492. The first-order valence-electron chi connectivity index (χ1n) is 7.34. The highest BCUT2D eigenvalue weighted by molar-refractivity contribution is 5.21. The van der Waals surface area contributed by atoms with Crippen LogP contribution in [-0.2, 0) is 6.42 Å². The minimum absolute atomic E-state index is 0.0273. The maximum Gasteiger partial charge on any atom is 0.255 e. The van der Waals surface area contributed by atoms with Crippen LogP contribution < -0.4 is 10.9 Å². The molecule has 2 unspecified atom stereocenters. The van der Waals surface area contributed by atoms with Gasteiger partial charge in [0, 0.05) is 17.8 Å². The van der Waals surface area contributed by atoms with Gasteiger partial charge in [0.05, 0.1) is 5.56 Å². The summed E-state index contributed by atoms with van der Waals surface area (Å²) in [7, 11) is 0. The number of hydrogen-bond acceptors (Lipinski definition) is 3. The van der Waals surface area contributed by atoms with Crippen molar-refractivity contribution in [2.75, 3.05) is 0 Å². The van der Waals surface area contributed by atoms with Crippen molar-refractivity contribution in [1.82, 2.24) is 15.3 Å². The van der Waals surface area contributed by atoms with Crippen LogP contribution >= 0.6 is 0 Å². The summed E-state index contributed by atoms with van der Waals surface area (Å²) >= 11 is 0. The number of H-pyrrole nitrogens is 1. The molecule has 0 aliphatic heterocycles. The van der Waals surface area contributed by atoms with Crippen molar-refractivity contribution in [1.29, 1.82) is 0 Å². The van der Waals surface area contributed by atoms with E-state index in [-0.39, 0.29) is 17.6 Å². The predicted molar refractivity (Wildman–Crippen MR) is 85.5 cm³/mol. The molecule has 0 amide bonds. The van der Waals surface area contributed by atoms with Crippen LogP contribution in [0.3, 0.4) is 0 Å². The Balaban J connectivity index is 2.08. The van der Waals surface area contributed by atoms with Crippen molar-refractivity contribution in [2.45, 2.75) is 46.2 Å². The fraction of sp³-hybridized carbons (Fsp3) is 0.412. The molecule has 2 rings (SSSR count). The third-order valence-corrected chi connectivity index (χ3v) is 3.62. The molecule has 2 aromatic rings. The topological polar surface area (TPSA) is 57.8 Å². The molecule has 0 spiro atoms. The summed E-state index contributed by atoms with van der Waals surface area (Å²) in [5.74, 6) is 0.658. The summed E-state index contributed by atoms with van der Waals surface area (Å²) in [6, 6.07) is 10.6. The lowest BCUT2D eigenvalue weighted by atomic mass is 10.0. The van der Waals surface area contributed by atoms with Gasteiger partial charge in [0.15, 0.2) is 0 Å². The Morgan fingerprint density at radius 1 is 1.19 bits per heavy atom. The SMILES string of the molecule is Cc1nc(C)c(C(C)NC(C)Cc2ccccc2)c(=O)[nH]1. The fourth-order valence-corrected chi connectivity index (χ4v) is 2.78. The maximum atomic E-state index is 12.1. The molecule has 112 valence electrons. The molecular weight excluding hydrogens is 262 g/mol. The highest BCUT2D eigenvalue weighted by Gasteiger charge is 2.16. The number of hydrogen-bond donors (Lipinski definition) is 2. The molecule has 1 aromatic heterocycles. The lowest BCUT2D eigenvalue weighted by molar-refractivity contribution is 0.471. The Labute approximate surface area is 125 Å². The van der Waals surface area contributed by atoms with Crippen molar-refractivity contribution >= 4 is 0 Å². The lowest BCUT2D eigenvalue weighted by Crippen LogP contribution is -2.34. The Morgan fingerprint density at radius 3 is 2.48 bits per heavy atom. The lowest BCUT2D eigenvalue weighted by Gasteiger charge is -2.21. The second-order valence-electron chi connectivity index (χ2n) is 5.63. The van der Waals surface area contributed by atoms with Gasteiger partial charge in [-0.05, 0) is 39.7 Å². The Kier molecular flexibility index (Phi) is 4.91. The van der Waals surface area contributed by atoms with E-state index in [2.05, 4.69) is 34.3 Å². The normalized spacial score (nSPS) is 13.9. The van der Waals surface area contributed by atoms with Gasteiger partial charge in [-0.15, -0.1) is 0 Å². The monoisotopic (exact) mass is 285 g/mol. The predicted octanol–water partition coefficient (Wildman–Crippen LogP) is 2.67. The molecule has 2 N–H and O–H groups in total. The van der Waals surface area contributed by atoms with Crippen LogP contribution in [-0.4, -0.2) is 16.0 Å². The molecule has 4 heteroatoms. The molecule has 1 heterocycles. The number of aromatic amines is 1. The van der Waals surface area contributed by atoms with Gasteiger partial charge in [0.25, 0.3) is 5.56 Å². The zero-order valence-electron chi connectivity index (χ0n) is 13.1. The van der Waals surface area contributed by atoms with Gasteiger partial charge in [-0.25, -0.2) is 4.98 Å². The summed E-state index contributed by atoms with van der Waals surface area (Å²) in [6.45, 7) is 7.83. The van der Waals surface area contributed by atoms with Crippen LogP contribution in [0.1, 0.15) is 42.5 Å². The highest BCUT2D eigenvalue weighted by atomic mass is 16.1. The molecule has 0 fully saturated rings. The molecular formula is C17H23N3O. The first-order chi connectivity index (χ1) is 9.97. The average molecular weight is 285 g/mol. The third-order valence-electron chi connectivity index (χ3n) is 3.62. The van der Waals surface area contributed by atoms with Crippen molar-refractivity contribution in [3.63, 3.8) is 0 Å². The third kappa shape index (κ3) is 4.02. The standard InChI is InChI=1S/C17H23N3O/c1-11(10-15-8-6-5-7-9-15)18-12(2)16-13(3)19-14(4)20-17(16)21/h5-9,11-12,18H,10H2,1-4H3,(H,19,20,21). The largest absolute Gasteiger partial charge is 0.310 e. The molecule has 21 heavy (non-hydrogen) atoms. The molecule has 0 aliphatic rings. The quantitative estimate of drug-likeness (QED) is 0.888. The van der Waals surface area contributed by atoms with Crippen LogP contribution in [0.4, 0.5) is 0 Å². The molecule has 0 aliphatic carbocycles. The van der Waals surface area contributed by atoms with Crippen molar-refractivity contribution in [3.05, 3.63) is 63.3 Å². The Bertz CT molecular complexity index is 649. The minimum Gasteiger partial charge on any atom is -0.310 e. The van der Waals surface area contributed by atoms with E-state index in [4.69, 9.17) is 0 Å². The van der Waals surface area contributed by atoms with Gasteiger partial charge in [0.1, 0.15) is 5.82 Å². The van der Waals surface area contributed by atoms with E-state index < -0.39 is 0 Å².